The Balaban J connectivity index is 1.19. The van der Waals surface area contributed by atoms with Gasteiger partial charge in [0.25, 0.3) is 5.89 Å². The molecule has 48 heavy (non-hydrogen) atoms. The summed E-state index contributed by atoms with van der Waals surface area (Å²) in [5, 5.41) is 18.6. The van der Waals surface area contributed by atoms with Crippen molar-refractivity contribution in [2.24, 2.45) is 0 Å². The third-order valence-electron chi connectivity index (χ3n) is 7.07. The molecule has 0 aliphatic heterocycles. The molecule has 0 radical (unpaired) electrons. The van der Waals surface area contributed by atoms with Gasteiger partial charge in [-0.25, -0.2) is 19.0 Å². The number of hydrogen-bond acceptors (Lipinski definition) is 8. The SMILES string of the molecule is Cc1cccc(-c2ccc(NC(=O)NC(Cc3ccc(-c4noc(-c5ccc(CC(=O)OC(C)(C)C)cc5)n4)c(F)c3)C(=O)O)nc2)c1. The molecule has 0 fully saturated rings. The van der Waals surface area contributed by atoms with Gasteiger partial charge in [-0.3, -0.25) is 10.1 Å². The van der Waals surface area contributed by atoms with E-state index in [-0.39, 0.29) is 41.9 Å². The summed E-state index contributed by atoms with van der Waals surface area (Å²) in [7, 11) is 0. The van der Waals surface area contributed by atoms with Crippen molar-refractivity contribution in [2.75, 3.05) is 5.32 Å². The van der Waals surface area contributed by atoms with Crippen LogP contribution in [0.1, 0.15) is 37.5 Å². The summed E-state index contributed by atoms with van der Waals surface area (Å²) in [6, 6.07) is 20.2. The van der Waals surface area contributed by atoms with Crippen LogP contribution in [-0.2, 0) is 27.2 Å². The quantitative estimate of drug-likeness (QED) is 0.141. The number of benzene rings is 3. The number of pyridine rings is 1. The molecule has 1 atom stereocenters. The zero-order chi connectivity index (χ0) is 34.4. The molecule has 246 valence electrons. The number of aliphatic carboxylic acids is 1. The highest BCUT2D eigenvalue weighted by molar-refractivity contribution is 5.91. The van der Waals surface area contributed by atoms with Gasteiger partial charge in [0.05, 0.1) is 12.0 Å². The first-order valence-electron chi connectivity index (χ1n) is 15.1. The number of nitrogens with zero attached hydrogens (tertiary/aromatic N) is 3. The number of rotatable bonds is 10. The van der Waals surface area contributed by atoms with Crippen molar-refractivity contribution in [3.05, 3.63) is 108 Å². The van der Waals surface area contributed by atoms with Gasteiger partial charge in [0.2, 0.25) is 5.82 Å². The molecule has 0 aliphatic rings. The average Bonchev–Trinajstić information content (AvgIpc) is 3.50. The molecule has 2 aromatic heterocycles. The molecule has 0 spiro atoms. The molecule has 11 nitrogen and oxygen atoms in total. The summed E-state index contributed by atoms with van der Waals surface area (Å²) in [4.78, 5) is 45.2. The van der Waals surface area contributed by atoms with Gasteiger partial charge in [-0.1, -0.05) is 53.2 Å². The second-order valence-corrected chi connectivity index (χ2v) is 12.2. The van der Waals surface area contributed by atoms with Crippen LogP contribution in [0.2, 0.25) is 0 Å². The fraction of sp³-hybridized carbons (Fsp3) is 0.222. The first kappa shape index (κ1) is 33.5. The fourth-order valence-corrected chi connectivity index (χ4v) is 4.84. The Morgan fingerprint density at radius 1 is 0.938 bits per heavy atom. The van der Waals surface area contributed by atoms with Crippen LogP contribution in [0.3, 0.4) is 0 Å². The number of esters is 1. The largest absolute Gasteiger partial charge is 0.480 e. The van der Waals surface area contributed by atoms with Crippen molar-refractivity contribution in [3.8, 4) is 34.0 Å². The van der Waals surface area contributed by atoms with E-state index in [1.54, 1.807) is 63.4 Å². The molecule has 0 aliphatic carbocycles. The number of ether oxygens (including phenoxy) is 1. The monoisotopic (exact) mass is 651 g/mol. The summed E-state index contributed by atoms with van der Waals surface area (Å²) in [6.07, 6.45) is 1.53. The van der Waals surface area contributed by atoms with Crippen molar-refractivity contribution in [3.63, 3.8) is 0 Å². The van der Waals surface area contributed by atoms with E-state index in [9.17, 15) is 19.5 Å². The van der Waals surface area contributed by atoms with Crippen molar-refractivity contribution < 1.29 is 33.1 Å². The Kier molecular flexibility index (Phi) is 9.93. The lowest BCUT2D eigenvalue weighted by molar-refractivity contribution is -0.154. The molecule has 2 amide bonds. The third-order valence-corrected chi connectivity index (χ3v) is 7.07. The molecule has 0 saturated carbocycles. The van der Waals surface area contributed by atoms with E-state index in [4.69, 9.17) is 9.26 Å². The highest BCUT2D eigenvalue weighted by Crippen LogP contribution is 2.26. The van der Waals surface area contributed by atoms with Gasteiger partial charge in [0.1, 0.15) is 23.3 Å². The van der Waals surface area contributed by atoms with Crippen LogP contribution >= 0.6 is 0 Å². The third kappa shape index (κ3) is 8.87. The minimum absolute atomic E-state index is 0.0000799. The smallest absolute Gasteiger partial charge is 0.326 e. The number of amides is 2. The molecular weight excluding hydrogens is 617 g/mol. The first-order chi connectivity index (χ1) is 22.8. The Labute approximate surface area is 276 Å². The second-order valence-electron chi connectivity index (χ2n) is 12.2. The van der Waals surface area contributed by atoms with Gasteiger partial charge in [-0.05, 0) is 80.8 Å². The van der Waals surface area contributed by atoms with Gasteiger partial charge in [0.15, 0.2) is 0 Å². The molecule has 3 aromatic carbocycles. The van der Waals surface area contributed by atoms with E-state index in [1.807, 2.05) is 31.2 Å². The number of nitrogens with one attached hydrogen (secondary N) is 2. The lowest BCUT2D eigenvalue weighted by atomic mass is 10.0. The standard InChI is InChI=1S/C36H34FN5O6/c1-21-6-5-7-25(16-21)26-13-15-30(38-20-26)40-35(46)39-29(34(44)45)18-23-10-14-27(28(37)17-23)32-41-33(48-42-32)24-11-8-22(9-12-24)19-31(43)47-36(2,3)4/h5-17,20,29H,18-19H2,1-4H3,(H,44,45)(H2,38,39,40,46). The Morgan fingerprint density at radius 2 is 1.67 bits per heavy atom. The van der Waals surface area contributed by atoms with Crippen LogP contribution in [-0.4, -0.2) is 49.8 Å². The highest BCUT2D eigenvalue weighted by Gasteiger charge is 2.23. The van der Waals surface area contributed by atoms with Crippen LogP contribution in [0.4, 0.5) is 15.0 Å². The van der Waals surface area contributed by atoms with Crippen LogP contribution in [0.15, 0.2) is 89.6 Å². The predicted molar refractivity (Wildman–Crippen MR) is 176 cm³/mol. The maximum atomic E-state index is 15.2. The number of halogens is 1. The maximum Gasteiger partial charge on any atom is 0.326 e. The van der Waals surface area contributed by atoms with Gasteiger partial charge >= 0.3 is 18.0 Å². The van der Waals surface area contributed by atoms with Crippen LogP contribution in [0.5, 0.6) is 0 Å². The van der Waals surface area contributed by atoms with Crippen LogP contribution < -0.4 is 10.6 Å². The Bertz CT molecular complexity index is 1930. The molecule has 0 saturated heterocycles. The van der Waals surface area contributed by atoms with Crippen molar-refractivity contribution >= 4 is 23.8 Å². The van der Waals surface area contributed by atoms with Crippen molar-refractivity contribution in [1.29, 1.82) is 0 Å². The van der Waals surface area contributed by atoms with E-state index >= 15 is 4.39 Å². The molecule has 5 aromatic rings. The second kappa shape index (κ2) is 14.2. The Morgan fingerprint density at radius 3 is 2.31 bits per heavy atom. The summed E-state index contributed by atoms with van der Waals surface area (Å²) in [5.74, 6) is -1.95. The number of carbonyl (C=O) groups is 3. The molecule has 2 heterocycles. The number of carboxylic acid groups (broad SMARTS) is 1. The predicted octanol–water partition coefficient (Wildman–Crippen LogP) is 6.61. The number of anilines is 1. The number of carbonyl (C=O) groups excluding carboxylic acids is 2. The number of hydrogen-bond donors (Lipinski definition) is 3. The minimum atomic E-state index is -1.35. The molecule has 3 N–H and O–H groups in total. The van der Waals surface area contributed by atoms with Gasteiger partial charge in [0, 0.05) is 23.7 Å². The number of carboxylic acids is 1. The molecular formula is C36H34FN5O6. The van der Waals surface area contributed by atoms with Crippen molar-refractivity contribution in [2.45, 2.75) is 52.2 Å². The summed E-state index contributed by atoms with van der Waals surface area (Å²) >= 11 is 0. The minimum Gasteiger partial charge on any atom is -0.480 e. The van der Waals surface area contributed by atoms with E-state index in [2.05, 4.69) is 25.8 Å². The van der Waals surface area contributed by atoms with E-state index < -0.39 is 29.5 Å². The fourth-order valence-electron chi connectivity index (χ4n) is 4.84. The van der Waals surface area contributed by atoms with E-state index in [0.29, 0.717) is 11.1 Å². The molecule has 1 unspecified atom stereocenters. The lowest BCUT2D eigenvalue weighted by Crippen LogP contribution is -2.44. The van der Waals surface area contributed by atoms with Crippen LogP contribution in [0, 0.1) is 12.7 Å². The summed E-state index contributed by atoms with van der Waals surface area (Å²) in [6.45, 7) is 7.39. The number of aryl methyl sites for hydroxylation is 1. The normalized spacial score (nSPS) is 11.9. The molecule has 0 bridgehead atoms. The average molecular weight is 652 g/mol. The van der Waals surface area contributed by atoms with E-state index in [0.717, 1.165) is 28.3 Å². The zero-order valence-electron chi connectivity index (χ0n) is 26.8. The van der Waals surface area contributed by atoms with Crippen LogP contribution in [0.25, 0.3) is 34.0 Å². The lowest BCUT2D eigenvalue weighted by Gasteiger charge is -2.19. The molecule has 5 rings (SSSR count). The van der Waals surface area contributed by atoms with Gasteiger partial charge in [-0.2, -0.15) is 4.98 Å². The van der Waals surface area contributed by atoms with Crippen molar-refractivity contribution in [1.82, 2.24) is 20.4 Å². The topological polar surface area (TPSA) is 157 Å². The highest BCUT2D eigenvalue weighted by atomic mass is 19.1. The zero-order valence-corrected chi connectivity index (χ0v) is 26.8. The summed E-state index contributed by atoms with van der Waals surface area (Å²) in [5.41, 5.74) is 4.05. The van der Waals surface area contributed by atoms with Gasteiger partial charge < -0.3 is 19.7 Å². The first-order valence-corrected chi connectivity index (χ1v) is 15.1. The van der Waals surface area contributed by atoms with Gasteiger partial charge in [-0.15, -0.1) is 0 Å². The molecule has 12 heteroatoms. The summed E-state index contributed by atoms with van der Waals surface area (Å²) < 4.78 is 25.9. The number of urea groups is 1. The van der Waals surface area contributed by atoms with E-state index in [1.165, 1.54) is 12.1 Å². The Hall–Kier alpha value is -5.91. The number of aromatic nitrogens is 3. The maximum absolute atomic E-state index is 15.2.